The van der Waals surface area contributed by atoms with Crippen LogP contribution in [0.2, 0.25) is 5.02 Å². The second-order valence-corrected chi connectivity index (χ2v) is 9.41. The third-order valence-corrected chi connectivity index (χ3v) is 6.09. The molecule has 2 amide bonds. The van der Waals surface area contributed by atoms with Crippen LogP contribution in [0.3, 0.4) is 0 Å². The Morgan fingerprint density at radius 2 is 1.84 bits per heavy atom. The maximum absolute atomic E-state index is 13.2. The van der Waals surface area contributed by atoms with Crippen LogP contribution >= 0.6 is 11.6 Å². The van der Waals surface area contributed by atoms with Gasteiger partial charge in [-0.3, -0.25) is 14.5 Å². The van der Waals surface area contributed by atoms with Gasteiger partial charge >= 0.3 is 5.97 Å². The molecule has 164 valence electrons. The summed E-state index contributed by atoms with van der Waals surface area (Å²) in [7, 11) is -4.08. The summed E-state index contributed by atoms with van der Waals surface area (Å²) in [6.45, 7) is 4.48. The van der Waals surface area contributed by atoms with E-state index in [0.717, 1.165) is 12.1 Å². The summed E-state index contributed by atoms with van der Waals surface area (Å²) >= 11 is 6.00. The van der Waals surface area contributed by atoms with Crippen molar-refractivity contribution in [2.24, 2.45) is 5.14 Å². The zero-order valence-corrected chi connectivity index (χ0v) is 18.5. The van der Waals surface area contributed by atoms with Crippen molar-refractivity contribution in [3.63, 3.8) is 0 Å². The van der Waals surface area contributed by atoms with Gasteiger partial charge < -0.3 is 10.1 Å². The maximum atomic E-state index is 13.2. The molecule has 0 aliphatic carbocycles. The van der Waals surface area contributed by atoms with E-state index in [1.807, 2.05) is 0 Å². The topological polar surface area (TPSA) is 136 Å². The van der Waals surface area contributed by atoms with Gasteiger partial charge in [-0.2, -0.15) is 0 Å². The molecule has 1 aliphatic heterocycles. The van der Waals surface area contributed by atoms with Crippen molar-refractivity contribution in [1.82, 2.24) is 0 Å². The third-order valence-electron chi connectivity index (χ3n) is 4.85. The molecule has 3 rings (SSSR count). The molecule has 2 aromatic rings. The zero-order chi connectivity index (χ0) is 23.1. The molecule has 1 heterocycles. The van der Waals surface area contributed by atoms with E-state index >= 15 is 0 Å². The van der Waals surface area contributed by atoms with Gasteiger partial charge in [0.15, 0.2) is 6.10 Å². The Morgan fingerprint density at radius 3 is 2.48 bits per heavy atom. The summed E-state index contributed by atoms with van der Waals surface area (Å²) in [6.07, 6.45) is -1.31. The number of benzene rings is 2. The van der Waals surface area contributed by atoms with Gasteiger partial charge in [0.2, 0.25) is 15.9 Å². The summed E-state index contributed by atoms with van der Waals surface area (Å²) in [6, 6.07) is 10.1. The molecular formula is C20H20ClN3O6S. The molecule has 0 spiro atoms. The van der Waals surface area contributed by atoms with E-state index in [0.29, 0.717) is 11.4 Å². The van der Waals surface area contributed by atoms with Crippen LogP contribution in [0.15, 0.2) is 47.4 Å². The molecule has 0 radical (unpaired) electrons. The van der Waals surface area contributed by atoms with E-state index in [9.17, 15) is 22.8 Å². The van der Waals surface area contributed by atoms with Gasteiger partial charge in [0.1, 0.15) is 5.54 Å². The Balaban J connectivity index is 1.91. The maximum Gasteiger partial charge on any atom is 0.340 e. The first-order chi connectivity index (χ1) is 14.3. The van der Waals surface area contributed by atoms with E-state index < -0.39 is 39.4 Å². The highest BCUT2D eigenvalue weighted by molar-refractivity contribution is 7.89. The van der Waals surface area contributed by atoms with Gasteiger partial charge in [0.05, 0.1) is 26.9 Å². The number of rotatable bonds is 4. The minimum absolute atomic E-state index is 0.0694. The number of esters is 1. The second kappa shape index (κ2) is 7.95. The van der Waals surface area contributed by atoms with Gasteiger partial charge in [-0.15, -0.1) is 0 Å². The highest BCUT2D eigenvalue weighted by Crippen LogP contribution is 2.37. The molecule has 11 heteroatoms. The van der Waals surface area contributed by atoms with E-state index in [1.165, 1.54) is 17.9 Å². The third kappa shape index (κ3) is 4.27. The second-order valence-electron chi connectivity index (χ2n) is 7.44. The molecular weight excluding hydrogens is 446 g/mol. The minimum Gasteiger partial charge on any atom is -0.449 e. The number of nitrogens with one attached hydrogen (secondary N) is 1. The van der Waals surface area contributed by atoms with Gasteiger partial charge in [-0.1, -0.05) is 23.7 Å². The lowest BCUT2D eigenvalue weighted by Gasteiger charge is -2.42. The summed E-state index contributed by atoms with van der Waals surface area (Å²) in [4.78, 5) is 39.3. The van der Waals surface area contributed by atoms with Gasteiger partial charge in [0, 0.05) is 0 Å². The molecule has 31 heavy (non-hydrogen) atoms. The molecule has 0 saturated carbocycles. The average Bonchev–Trinajstić information content (AvgIpc) is 2.67. The van der Waals surface area contributed by atoms with Crippen LogP contribution in [0.25, 0.3) is 0 Å². The minimum atomic E-state index is -4.08. The quantitative estimate of drug-likeness (QED) is 0.665. The predicted octanol–water partition coefficient (Wildman–Crippen LogP) is 2.30. The largest absolute Gasteiger partial charge is 0.449 e. The number of sulfonamides is 1. The number of nitrogens with two attached hydrogens (primary N) is 1. The van der Waals surface area contributed by atoms with Crippen LogP contribution in [0.4, 0.5) is 11.4 Å². The molecule has 1 unspecified atom stereocenters. The average molecular weight is 466 g/mol. The Kier molecular flexibility index (Phi) is 5.83. The number of carbonyl (C=O) groups excluding carboxylic acids is 3. The van der Waals surface area contributed by atoms with Crippen molar-refractivity contribution >= 4 is 50.8 Å². The molecule has 0 saturated heterocycles. The van der Waals surface area contributed by atoms with Crippen LogP contribution in [0, 0.1) is 0 Å². The number of para-hydroxylation sites is 2. The first-order valence-electron chi connectivity index (χ1n) is 9.12. The molecule has 1 aliphatic rings. The van der Waals surface area contributed by atoms with Crippen molar-refractivity contribution in [3.05, 3.63) is 53.1 Å². The number of halogens is 1. The van der Waals surface area contributed by atoms with E-state index in [-0.39, 0.29) is 15.5 Å². The Hall–Kier alpha value is -2.95. The van der Waals surface area contributed by atoms with Crippen LogP contribution in [-0.2, 0) is 24.3 Å². The van der Waals surface area contributed by atoms with Crippen LogP contribution < -0.4 is 15.4 Å². The number of carbonyl (C=O) groups is 3. The Morgan fingerprint density at radius 1 is 1.19 bits per heavy atom. The number of amides is 2. The normalized spacial score (nSPS) is 16.2. The number of hydrogen-bond acceptors (Lipinski definition) is 6. The lowest BCUT2D eigenvalue weighted by Crippen LogP contribution is -2.60. The molecule has 9 nitrogen and oxygen atoms in total. The smallest absolute Gasteiger partial charge is 0.340 e. The monoisotopic (exact) mass is 465 g/mol. The van der Waals surface area contributed by atoms with Crippen molar-refractivity contribution in [2.75, 3.05) is 10.2 Å². The highest BCUT2D eigenvalue weighted by atomic mass is 35.5. The van der Waals surface area contributed by atoms with Crippen molar-refractivity contribution < 1.29 is 27.5 Å². The van der Waals surface area contributed by atoms with E-state index in [2.05, 4.69) is 5.32 Å². The number of nitrogens with zero attached hydrogens (tertiary/aromatic N) is 1. The van der Waals surface area contributed by atoms with E-state index in [1.54, 1.807) is 38.1 Å². The van der Waals surface area contributed by atoms with Gasteiger partial charge in [-0.05, 0) is 51.1 Å². The lowest BCUT2D eigenvalue weighted by atomic mass is 9.95. The van der Waals surface area contributed by atoms with Gasteiger partial charge in [0.25, 0.3) is 5.91 Å². The van der Waals surface area contributed by atoms with Crippen LogP contribution in [0.5, 0.6) is 0 Å². The predicted molar refractivity (Wildman–Crippen MR) is 114 cm³/mol. The summed E-state index contributed by atoms with van der Waals surface area (Å²) < 4.78 is 28.4. The SMILES string of the molecule is CC(OC(=O)c1cc(S(N)(=O)=O)ccc1Cl)C(=O)N1c2ccccc2NC(=O)C1(C)C. The molecule has 0 aromatic heterocycles. The molecule has 0 fully saturated rings. The fourth-order valence-electron chi connectivity index (χ4n) is 3.14. The first-order valence-corrected chi connectivity index (χ1v) is 11.0. The van der Waals surface area contributed by atoms with Crippen molar-refractivity contribution in [1.29, 1.82) is 0 Å². The highest BCUT2D eigenvalue weighted by Gasteiger charge is 2.45. The fourth-order valence-corrected chi connectivity index (χ4v) is 3.88. The molecule has 3 N–H and O–H groups in total. The van der Waals surface area contributed by atoms with Crippen molar-refractivity contribution in [3.8, 4) is 0 Å². The standard InChI is InChI=1S/C20H20ClN3O6S/c1-11(30-18(26)13-10-12(31(22,28)29)8-9-14(13)21)17(25)24-16-7-5-4-6-15(16)23-19(27)20(24,2)3/h4-11H,1-3H3,(H,23,27)(H2,22,28,29). The van der Waals surface area contributed by atoms with Crippen LogP contribution in [-0.4, -0.2) is 37.8 Å². The number of primary sulfonamides is 1. The molecule has 1 atom stereocenters. The van der Waals surface area contributed by atoms with Gasteiger partial charge in [-0.25, -0.2) is 18.4 Å². The van der Waals surface area contributed by atoms with Crippen molar-refractivity contribution in [2.45, 2.75) is 37.3 Å². The Labute approximate surface area is 184 Å². The van der Waals surface area contributed by atoms with E-state index in [4.69, 9.17) is 21.5 Å². The summed E-state index contributed by atoms with van der Waals surface area (Å²) in [5.41, 5.74) is -0.613. The summed E-state index contributed by atoms with van der Waals surface area (Å²) in [5.74, 6) is -2.05. The lowest BCUT2D eigenvalue weighted by molar-refractivity contribution is -0.131. The number of anilines is 2. The van der Waals surface area contributed by atoms with Crippen LogP contribution in [0.1, 0.15) is 31.1 Å². The molecule has 0 bridgehead atoms. The summed E-state index contributed by atoms with van der Waals surface area (Å²) in [5, 5.41) is 7.76. The zero-order valence-electron chi connectivity index (χ0n) is 16.9. The number of hydrogen-bond donors (Lipinski definition) is 2. The Bertz CT molecular complexity index is 1200. The number of fused-ring (bicyclic) bond motifs is 1. The first kappa shape index (κ1) is 22.7. The number of ether oxygens (including phenoxy) is 1. The fraction of sp³-hybridized carbons (Fsp3) is 0.250. The molecule has 2 aromatic carbocycles.